The Labute approximate surface area is 105 Å². The van der Waals surface area contributed by atoms with Crippen LogP contribution in [0.2, 0.25) is 0 Å². The third kappa shape index (κ3) is 3.21. The molecular formula is C14H27NO2. The topological polar surface area (TPSA) is 30.5 Å². The monoisotopic (exact) mass is 241 g/mol. The van der Waals surface area contributed by atoms with Crippen molar-refractivity contribution in [2.24, 2.45) is 11.3 Å². The molecule has 17 heavy (non-hydrogen) atoms. The molecule has 2 rings (SSSR count). The van der Waals surface area contributed by atoms with Gasteiger partial charge < -0.3 is 14.8 Å². The molecule has 2 aliphatic heterocycles. The molecule has 2 aliphatic rings. The predicted octanol–water partition coefficient (Wildman–Crippen LogP) is 2.20. The van der Waals surface area contributed by atoms with E-state index >= 15 is 0 Å². The Morgan fingerprint density at radius 2 is 1.82 bits per heavy atom. The van der Waals surface area contributed by atoms with Crippen LogP contribution in [0.1, 0.15) is 40.5 Å². The van der Waals surface area contributed by atoms with E-state index in [1.807, 2.05) is 0 Å². The summed E-state index contributed by atoms with van der Waals surface area (Å²) in [5.74, 6) is 0.655. The molecule has 3 nitrogen and oxygen atoms in total. The van der Waals surface area contributed by atoms with Gasteiger partial charge in [0, 0.05) is 31.7 Å². The van der Waals surface area contributed by atoms with Crippen LogP contribution in [0.25, 0.3) is 0 Å². The minimum Gasteiger partial charge on any atom is -0.377 e. The van der Waals surface area contributed by atoms with Crippen LogP contribution in [-0.2, 0) is 9.47 Å². The SMILES string of the molecule is C[C@@H]1OCC[C@@H]1NC[C@H]1CCO[C@@H]1C(C)(C)C. The van der Waals surface area contributed by atoms with Gasteiger partial charge >= 0.3 is 0 Å². The highest BCUT2D eigenvalue weighted by Crippen LogP contribution is 2.34. The smallest absolute Gasteiger partial charge is 0.0700 e. The van der Waals surface area contributed by atoms with E-state index in [1.165, 1.54) is 6.42 Å². The molecular weight excluding hydrogens is 214 g/mol. The van der Waals surface area contributed by atoms with Gasteiger partial charge in [-0.25, -0.2) is 0 Å². The van der Waals surface area contributed by atoms with E-state index in [0.717, 1.165) is 26.2 Å². The molecule has 0 spiro atoms. The molecule has 0 aromatic heterocycles. The molecule has 2 heterocycles. The summed E-state index contributed by atoms with van der Waals surface area (Å²) in [6.07, 6.45) is 3.10. The van der Waals surface area contributed by atoms with Crippen molar-refractivity contribution in [2.45, 2.75) is 58.8 Å². The lowest BCUT2D eigenvalue weighted by Gasteiger charge is -2.32. The lowest BCUT2D eigenvalue weighted by Crippen LogP contribution is -2.42. The van der Waals surface area contributed by atoms with Crippen LogP contribution in [0.5, 0.6) is 0 Å². The van der Waals surface area contributed by atoms with Crippen molar-refractivity contribution in [1.82, 2.24) is 5.32 Å². The number of hydrogen-bond acceptors (Lipinski definition) is 3. The van der Waals surface area contributed by atoms with Crippen LogP contribution in [0.15, 0.2) is 0 Å². The van der Waals surface area contributed by atoms with E-state index in [4.69, 9.17) is 9.47 Å². The van der Waals surface area contributed by atoms with Gasteiger partial charge in [0.25, 0.3) is 0 Å². The molecule has 0 aliphatic carbocycles. The minimum absolute atomic E-state index is 0.251. The van der Waals surface area contributed by atoms with Crippen molar-refractivity contribution in [1.29, 1.82) is 0 Å². The van der Waals surface area contributed by atoms with Gasteiger partial charge in [-0.05, 0) is 25.2 Å². The second kappa shape index (κ2) is 5.25. The second-order valence-corrected chi connectivity index (χ2v) is 6.59. The van der Waals surface area contributed by atoms with E-state index in [9.17, 15) is 0 Å². The van der Waals surface area contributed by atoms with Gasteiger partial charge in [-0.15, -0.1) is 0 Å². The minimum atomic E-state index is 0.251. The summed E-state index contributed by atoms with van der Waals surface area (Å²) in [6, 6.07) is 0.538. The number of ether oxygens (including phenoxy) is 2. The molecule has 0 saturated carbocycles. The quantitative estimate of drug-likeness (QED) is 0.821. The highest BCUT2D eigenvalue weighted by Gasteiger charge is 2.37. The molecule has 0 bridgehead atoms. The Hall–Kier alpha value is -0.120. The lowest BCUT2D eigenvalue weighted by atomic mass is 9.81. The Kier molecular flexibility index (Phi) is 4.11. The summed E-state index contributed by atoms with van der Waals surface area (Å²) in [6.45, 7) is 11.9. The first-order valence-electron chi connectivity index (χ1n) is 6.95. The first kappa shape index (κ1) is 13.3. The summed E-state index contributed by atoms with van der Waals surface area (Å²) in [5, 5.41) is 3.67. The van der Waals surface area contributed by atoms with Crippen LogP contribution in [-0.4, -0.2) is 38.0 Å². The van der Waals surface area contributed by atoms with Gasteiger partial charge in [0.15, 0.2) is 0 Å². The molecule has 0 aromatic carbocycles. The van der Waals surface area contributed by atoms with Gasteiger partial charge in [-0.1, -0.05) is 20.8 Å². The van der Waals surface area contributed by atoms with Crippen molar-refractivity contribution in [3.05, 3.63) is 0 Å². The molecule has 0 radical (unpaired) electrons. The van der Waals surface area contributed by atoms with E-state index < -0.39 is 0 Å². The van der Waals surface area contributed by atoms with E-state index in [-0.39, 0.29) is 5.41 Å². The zero-order chi connectivity index (χ0) is 12.5. The Balaban J connectivity index is 1.82. The Bertz CT molecular complexity index is 249. The fraction of sp³-hybridized carbons (Fsp3) is 1.00. The fourth-order valence-corrected chi connectivity index (χ4v) is 3.10. The van der Waals surface area contributed by atoms with Crippen molar-refractivity contribution < 1.29 is 9.47 Å². The number of nitrogens with one attached hydrogen (secondary N) is 1. The van der Waals surface area contributed by atoms with E-state index in [2.05, 4.69) is 33.0 Å². The zero-order valence-corrected chi connectivity index (χ0v) is 11.7. The normalized spacial score (nSPS) is 38.8. The second-order valence-electron chi connectivity index (χ2n) is 6.59. The number of rotatable bonds is 3. The Morgan fingerprint density at radius 3 is 2.41 bits per heavy atom. The maximum absolute atomic E-state index is 5.90. The molecule has 0 amide bonds. The van der Waals surface area contributed by atoms with Gasteiger partial charge in [0.1, 0.15) is 0 Å². The van der Waals surface area contributed by atoms with Crippen molar-refractivity contribution in [3.63, 3.8) is 0 Å². The van der Waals surface area contributed by atoms with Crippen molar-refractivity contribution >= 4 is 0 Å². The average Bonchev–Trinajstić information content (AvgIpc) is 2.82. The third-order valence-corrected chi connectivity index (χ3v) is 4.09. The van der Waals surface area contributed by atoms with Gasteiger partial charge in [-0.3, -0.25) is 0 Å². The van der Waals surface area contributed by atoms with Gasteiger partial charge in [0.2, 0.25) is 0 Å². The van der Waals surface area contributed by atoms with E-state index in [0.29, 0.717) is 24.2 Å². The number of hydrogen-bond donors (Lipinski definition) is 1. The first-order valence-corrected chi connectivity index (χ1v) is 6.95. The summed E-state index contributed by atoms with van der Waals surface area (Å²) >= 11 is 0. The van der Waals surface area contributed by atoms with Crippen LogP contribution in [0, 0.1) is 11.3 Å². The molecule has 4 atom stereocenters. The summed E-state index contributed by atoms with van der Waals surface area (Å²) in [5.41, 5.74) is 0.251. The first-order chi connectivity index (χ1) is 7.98. The third-order valence-electron chi connectivity index (χ3n) is 4.09. The Morgan fingerprint density at radius 1 is 1.12 bits per heavy atom. The molecule has 0 aromatic rings. The average molecular weight is 241 g/mol. The highest BCUT2D eigenvalue weighted by molar-refractivity contribution is 4.88. The largest absolute Gasteiger partial charge is 0.377 e. The van der Waals surface area contributed by atoms with E-state index in [1.54, 1.807) is 0 Å². The summed E-state index contributed by atoms with van der Waals surface area (Å²) in [4.78, 5) is 0. The van der Waals surface area contributed by atoms with Crippen LogP contribution in [0.3, 0.4) is 0 Å². The molecule has 1 N–H and O–H groups in total. The van der Waals surface area contributed by atoms with Crippen LogP contribution >= 0.6 is 0 Å². The maximum Gasteiger partial charge on any atom is 0.0700 e. The summed E-state index contributed by atoms with van der Waals surface area (Å²) < 4.78 is 11.5. The van der Waals surface area contributed by atoms with Crippen LogP contribution in [0.4, 0.5) is 0 Å². The van der Waals surface area contributed by atoms with Gasteiger partial charge in [-0.2, -0.15) is 0 Å². The molecule has 0 unspecified atom stereocenters. The summed E-state index contributed by atoms with van der Waals surface area (Å²) in [7, 11) is 0. The predicted molar refractivity (Wildman–Crippen MR) is 69.1 cm³/mol. The van der Waals surface area contributed by atoms with Crippen LogP contribution < -0.4 is 5.32 Å². The molecule has 100 valence electrons. The molecule has 2 saturated heterocycles. The van der Waals surface area contributed by atoms with Crippen molar-refractivity contribution in [2.75, 3.05) is 19.8 Å². The zero-order valence-electron chi connectivity index (χ0n) is 11.7. The maximum atomic E-state index is 5.90. The molecule has 2 fully saturated rings. The molecule has 3 heteroatoms. The highest BCUT2D eigenvalue weighted by atomic mass is 16.5. The van der Waals surface area contributed by atoms with Crippen molar-refractivity contribution in [3.8, 4) is 0 Å². The van der Waals surface area contributed by atoms with Gasteiger partial charge in [0.05, 0.1) is 12.2 Å². The standard InChI is InChI=1S/C14H27NO2/c1-10-12(6-8-16-10)15-9-11-5-7-17-13(11)14(2,3)4/h10-13,15H,5-9H2,1-4H3/t10-,11+,12-,13-/m0/s1. The fourth-order valence-electron chi connectivity index (χ4n) is 3.10. The lowest BCUT2D eigenvalue weighted by molar-refractivity contribution is 0.00626.